The molecule has 1 saturated heterocycles. The Morgan fingerprint density at radius 3 is 2.52 bits per heavy atom. The second kappa shape index (κ2) is 9.60. The average Bonchev–Trinajstić information content (AvgIpc) is 2.93. The predicted molar refractivity (Wildman–Crippen MR) is 82.3 cm³/mol. The number of rotatable bonds is 9. The predicted octanol–water partition coefficient (Wildman–Crippen LogP) is 1.66. The number of hydrogen-bond acceptors (Lipinski definition) is 3. The standard InChI is InChI=1S/C15H29N3O3/c1-3-4-7-13(14(19)20)17-15(21)16-10-12(2)11-18-8-5-6-9-18/h12-13H,3-11H2,1-2H3,(H,19,20)(H2,16,17,21)/t12?,13-/m0/s1. The average molecular weight is 299 g/mol. The Labute approximate surface area is 127 Å². The van der Waals surface area contributed by atoms with Gasteiger partial charge in [0.05, 0.1) is 0 Å². The molecule has 1 aliphatic rings. The van der Waals surface area contributed by atoms with Crippen LogP contribution in [0.5, 0.6) is 0 Å². The number of nitrogens with one attached hydrogen (secondary N) is 2. The second-order valence-electron chi connectivity index (χ2n) is 6.00. The summed E-state index contributed by atoms with van der Waals surface area (Å²) in [5.74, 6) is -0.600. The minimum atomic E-state index is -0.969. The number of urea groups is 1. The molecule has 1 aliphatic heterocycles. The maximum absolute atomic E-state index is 11.8. The molecule has 21 heavy (non-hydrogen) atoms. The van der Waals surface area contributed by atoms with Gasteiger partial charge in [0.25, 0.3) is 0 Å². The third-order valence-corrected chi connectivity index (χ3v) is 3.83. The molecule has 122 valence electrons. The van der Waals surface area contributed by atoms with Crippen LogP contribution in [0.4, 0.5) is 4.79 Å². The van der Waals surface area contributed by atoms with E-state index < -0.39 is 12.0 Å². The molecule has 0 aromatic heterocycles. The van der Waals surface area contributed by atoms with E-state index in [1.54, 1.807) is 0 Å². The summed E-state index contributed by atoms with van der Waals surface area (Å²) < 4.78 is 0. The van der Waals surface area contributed by atoms with E-state index >= 15 is 0 Å². The maximum Gasteiger partial charge on any atom is 0.326 e. The van der Waals surface area contributed by atoms with Crippen molar-refractivity contribution >= 4 is 12.0 Å². The Morgan fingerprint density at radius 2 is 1.95 bits per heavy atom. The van der Waals surface area contributed by atoms with E-state index in [9.17, 15) is 9.59 Å². The fourth-order valence-corrected chi connectivity index (χ4v) is 2.61. The van der Waals surface area contributed by atoms with Gasteiger partial charge in [-0.05, 0) is 38.3 Å². The van der Waals surface area contributed by atoms with Crippen molar-refractivity contribution in [3.63, 3.8) is 0 Å². The van der Waals surface area contributed by atoms with Crippen molar-refractivity contribution in [2.75, 3.05) is 26.2 Å². The summed E-state index contributed by atoms with van der Waals surface area (Å²) in [5.41, 5.74) is 0. The SMILES string of the molecule is CCCC[C@H](NC(=O)NCC(C)CN1CCCC1)C(=O)O. The number of unbranched alkanes of at least 4 members (excludes halogenated alkanes) is 1. The van der Waals surface area contributed by atoms with Crippen molar-refractivity contribution < 1.29 is 14.7 Å². The van der Waals surface area contributed by atoms with Crippen LogP contribution < -0.4 is 10.6 Å². The second-order valence-corrected chi connectivity index (χ2v) is 6.00. The molecule has 2 amide bonds. The summed E-state index contributed by atoms with van der Waals surface area (Å²) >= 11 is 0. The zero-order valence-electron chi connectivity index (χ0n) is 13.2. The van der Waals surface area contributed by atoms with Crippen molar-refractivity contribution in [3.8, 4) is 0 Å². The lowest BCUT2D eigenvalue weighted by Gasteiger charge is -2.21. The Balaban J connectivity index is 2.22. The molecule has 1 heterocycles. The number of carbonyl (C=O) groups excluding carboxylic acids is 1. The van der Waals surface area contributed by atoms with Gasteiger partial charge in [-0.3, -0.25) is 0 Å². The first kappa shape index (κ1) is 17.8. The molecule has 6 heteroatoms. The summed E-state index contributed by atoms with van der Waals surface area (Å²) in [6.45, 7) is 7.95. The summed E-state index contributed by atoms with van der Waals surface area (Å²) in [4.78, 5) is 25.2. The number of amides is 2. The zero-order valence-corrected chi connectivity index (χ0v) is 13.2. The lowest BCUT2D eigenvalue weighted by Crippen LogP contribution is -2.47. The van der Waals surface area contributed by atoms with E-state index in [0.717, 1.165) is 32.5 Å². The molecule has 0 radical (unpaired) electrons. The van der Waals surface area contributed by atoms with Gasteiger partial charge in [-0.2, -0.15) is 0 Å². The third-order valence-electron chi connectivity index (χ3n) is 3.83. The molecule has 1 fully saturated rings. The summed E-state index contributed by atoms with van der Waals surface area (Å²) in [6.07, 6.45) is 4.71. The van der Waals surface area contributed by atoms with E-state index in [-0.39, 0.29) is 6.03 Å². The number of carboxylic acids is 1. The zero-order chi connectivity index (χ0) is 15.7. The molecule has 0 aromatic rings. The molecule has 0 aromatic carbocycles. The number of aliphatic carboxylic acids is 1. The summed E-state index contributed by atoms with van der Waals surface area (Å²) in [7, 11) is 0. The highest BCUT2D eigenvalue weighted by molar-refractivity contribution is 5.82. The fraction of sp³-hybridized carbons (Fsp3) is 0.867. The molecular weight excluding hydrogens is 270 g/mol. The first-order valence-corrected chi connectivity index (χ1v) is 8.02. The molecule has 0 bridgehead atoms. The molecule has 6 nitrogen and oxygen atoms in total. The van der Waals surface area contributed by atoms with Crippen LogP contribution in [0.15, 0.2) is 0 Å². The van der Waals surface area contributed by atoms with Crippen LogP contribution in [-0.4, -0.2) is 54.2 Å². The third kappa shape index (κ3) is 7.32. The summed E-state index contributed by atoms with van der Waals surface area (Å²) in [6, 6.07) is -1.18. The number of hydrogen-bond donors (Lipinski definition) is 3. The molecule has 2 atom stereocenters. The van der Waals surface area contributed by atoms with Gasteiger partial charge in [0, 0.05) is 13.1 Å². The molecular formula is C15H29N3O3. The van der Waals surface area contributed by atoms with Gasteiger partial charge in [-0.25, -0.2) is 9.59 Å². The number of nitrogens with zero attached hydrogens (tertiary/aromatic N) is 1. The minimum absolute atomic E-state index is 0.368. The van der Waals surface area contributed by atoms with Crippen LogP contribution in [0.25, 0.3) is 0 Å². The molecule has 1 rings (SSSR count). The highest BCUT2D eigenvalue weighted by Gasteiger charge is 2.20. The Morgan fingerprint density at radius 1 is 1.29 bits per heavy atom. The Hall–Kier alpha value is -1.30. The van der Waals surface area contributed by atoms with Gasteiger partial charge in [0.15, 0.2) is 0 Å². The van der Waals surface area contributed by atoms with Crippen LogP contribution in [0.1, 0.15) is 46.0 Å². The van der Waals surface area contributed by atoms with Gasteiger partial charge >= 0.3 is 12.0 Å². The molecule has 0 aliphatic carbocycles. The van der Waals surface area contributed by atoms with Crippen LogP contribution >= 0.6 is 0 Å². The van der Waals surface area contributed by atoms with Crippen LogP contribution in [0.2, 0.25) is 0 Å². The molecule has 1 unspecified atom stereocenters. The van der Waals surface area contributed by atoms with Crippen molar-refractivity contribution in [2.24, 2.45) is 5.92 Å². The monoisotopic (exact) mass is 299 g/mol. The number of carboxylic acid groups (broad SMARTS) is 1. The smallest absolute Gasteiger partial charge is 0.326 e. The normalized spacial score (nSPS) is 18.2. The number of carbonyl (C=O) groups is 2. The van der Waals surface area contributed by atoms with Gasteiger partial charge in [-0.1, -0.05) is 26.7 Å². The molecule has 0 saturated carbocycles. The van der Waals surface area contributed by atoms with E-state index in [1.165, 1.54) is 12.8 Å². The quantitative estimate of drug-likeness (QED) is 0.605. The lowest BCUT2D eigenvalue weighted by molar-refractivity contribution is -0.139. The topological polar surface area (TPSA) is 81.7 Å². The van der Waals surface area contributed by atoms with E-state index in [0.29, 0.717) is 18.9 Å². The Kier molecular flexibility index (Phi) is 8.12. The van der Waals surface area contributed by atoms with Gasteiger partial charge in [0.1, 0.15) is 6.04 Å². The van der Waals surface area contributed by atoms with E-state index in [1.807, 2.05) is 6.92 Å². The highest BCUT2D eigenvalue weighted by Crippen LogP contribution is 2.09. The van der Waals surface area contributed by atoms with Crippen LogP contribution in [-0.2, 0) is 4.79 Å². The fourth-order valence-electron chi connectivity index (χ4n) is 2.61. The van der Waals surface area contributed by atoms with Crippen LogP contribution in [0.3, 0.4) is 0 Å². The van der Waals surface area contributed by atoms with Crippen molar-refractivity contribution in [3.05, 3.63) is 0 Å². The van der Waals surface area contributed by atoms with E-state index in [4.69, 9.17) is 5.11 Å². The first-order valence-electron chi connectivity index (χ1n) is 8.02. The van der Waals surface area contributed by atoms with Crippen molar-refractivity contribution in [2.45, 2.75) is 52.0 Å². The van der Waals surface area contributed by atoms with Gasteiger partial charge in [0.2, 0.25) is 0 Å². The summed E-state index contributed by atoms with van der Waals surface area (Å²) in [5, 5.41) is 14.4. The van der Waals surface area contributed by atoms with Crippen LogP contribution in [0, 0.1) is 5.92 Å². The Bertz CT molecular complexity index is 330. The maximum atomic E-state index is 11.8. The van der Waals surface area contributed by atoms with Crippen molar-refractivity contribution in [1.82, 2.24) is 15.5 Å². The van der Waals surface area contributed by atoms with E-state index in [2.05, 4.69) is 22.5 Å². The first-order chi connectivity index (χ1) is 10.0. The van der Waals surface area contributed by atoms with Gasteiger partial charge < -0.3 is 20.6 Å². The number of likely N-dealkylation sites (tertiary alicyclic amines) is 1. The lowest BCUT2D eigenvalue weighted by atomic mass is 10.1. The largest absolute Gasteiger partial charge is 0.480 e. The van der Waals surface area contributed by atoms with Gasteiger partial charge in [-0.15, -0.1) is 0 Å². The molecule has 3 N–H and O–H groups in total. The highest BCUT2D eigenvalue weighted by atomic mass is 16.4. The minimum Gasteiger partial charge on any atom is -0.480 e. The van der Waals surface area contributed by atoms with Crippen molar-refractivity contribution in [1.29, 1.82) is 0 Å². The molecule has 0 spiro atoms.